The van der Waals surface area contributed by atoms with Gasteiger partial charge in [0.05, 0.1) is 0 Å². The van der Waals surface area contributed by atoms with Crippen molar-refractivity contribution in [3.05, 3.63) is 0 Å². The minimum Gasteiger partial charge on any atom is -0.340 e. The number of hydrogen-bond acceptors (Lipinski definition) is 3. The van der Waals surface area contributed by atoms with E-state index in [0.717, 1.165) is 45.1 Å². The lowest BCUT2D eigenvalue weighted by Gasteiger charge is -2.41. The van der Waals surface area contributed by atoms with Crippen molar-refractivity contribution in [2.45, 2.75) is 50.6 Å². The van der Waals surface area contributed by atoms with E-state index in [2.05, 4.69) is 9.80 Å². The van der Waals surface area contributed by atoms with E-state index in [-0.39, 0.29) is 0 Å². The van der Waals surface area contributed by atoms with Crippen molar-refractivity contribution in [3.8, 4) is 0 Å². The average Bonchev–Trinajstić information content (AvgIpc) is 3.23. The highest BCUT2D eigenvalue weighted by molar-refractivity contribution is 5.81. The summed E-state index contributed by atoms with van der Waals surface area (Å²) in [7, 11) is 0. The number of rotatable bonds is 2. The molecule has 3 fully saturated rings. The normalized spacial score (nSPS) is 34.6. The first-order chi connectivity index (χ1) is 8.74. The number of carbonyl (C=O) groups is 1. The zero-order valence-electron chi connectivity index (χ0n) is 11.2. The summed E-state index contributed by atoms with van der Waals surface area (Å²) in [6.07, 6.45) is 7.09. The van der Waals surface area contributed by atoms with Crippen molar-refractivity contribution in [3.63, 3.8) is 0 Å². The van der Waals surface area contributed by atoms with Gasteiger partial charge < -0.3 is 10.6 Å². The molecule has 2 aliphatic carbocycles. The molecule has 18 heavy (non-hydrogen) atoms. The summed E-state index contributed by atoms with van der Waals surface area (Å²) in [4.78, 5) is 16.6. The number of nitrogens with zero attached hydrogens (tertiary/aromatic N) is 2. The van der Waals surface area contributed by atoms with E-state index >= 15 is 0 Å². The van der Waals surface area contributed by atoms with Crippen LogP contribution in [0.15, 0.2) is 0 Å². The summed E-state index contributed by atoms with van der Waals surface area (Å²) in [6, 6.07) is 1.15. The van der Waals surface area contributed by atoms with Gasteiger partial charge in [0.1, 0.15) is 0 Å². The molecule has 3 aliphatic rings. The van der Waals surface area contributed by atoms with E-state index in [1.54, 1.807) is 0 Å². The Hall–Kier alpha value is -0.610. The van der Waals surface area contributed by atoms with Gasteiger partial charge in [-0.1, -0.05) is 0 Å². The van der Waals surface area contributed by atoms with Crippen LogP contribution in [-0.4, -0.2) is 54.0 Å². The Kier molecular flexibility index (Phi) is 3.57. The van der Waals surface area contributed by atoms with E-state index in [1.807, 2.05) is 0 Å². The molecule has 1 amide bonds. The van der Waals surface area contributed by atoms with Gasteiger partial charge >= 0.3 is 0 Å². The molecule has 2 saturated carbocycles. The fourth-order valence-corrected chi connectivity index (χ4v) is 3.36. The van der Waals surface area contributed by atoms with Gasteiger partial charge in [-0.05, 0) is 38.5 Å². The van der Waals surface area contributed by atoms with Crippen LogP contribution in [0.4, 0.5) is 0 Å². The monoisotopic (exact) mass is 251 g/mol. The molecule has 2 N–H and O–H groups in total. The summed E-state index contributed by atoms with van der Waals surface area (Å²) in [5.74, 6) is 0.796. The van der Waals surface area contributed by atoms with E-state index < -0.39 is 0 Å². The fraction of sp³-hybridized carbons (Fsp3) is 0.929. The van der Waals surface area contributed by atoms with Crippen LogP contribution >= 0.6 is 0 Å². The Morgan fingerprint density at radius 1 is 0.889 bits per heavy atom. The number of carbonyl (C=O) groups excluding carboxylic acids is 1. The second kappa shape index (κ2) is 5.17. The number of hydrogen-bond donors (Lipinski definition) is 1. The molecule has 102 valence electrons. The lowest BCUT2D eigenvalue weighted by Crippen LogP contribution is -2.53. The Labute approximate surface area is 109 Å². The highest BCUT2D eigenvalue weighted by Gasteiger charge is 2.35. The minimum absolute atomic E-state index is 0.379. The van der Waals surface area contributed by atoms with E-state index in [9.17, 15) is 4.79 Å². The third-order valence-electron chi connectivity index (χ3n) is 4.81. The molecule has 0 spiro atoms. The number of nitrogens with two attached hydrogens (primary N) is 1. The summed E-state index contributed by atoms with van der Waals surface area (Å²) in [6.45, 7) is 4.02. The summed E-state index contributed by atoms with van der Waals surface area (Å²) < 4.78 is 0. The third kappa shape index (κ3) is 2.69. The second-order valence-corrected chi connectivity index (χ2v) is 6.20. The molecular formula is C14H25N3O. The largest absolute Gasteiger partial charge is 0.340 e. The SMILES string of the molecule is N[C@H]1CC[C@H](N2CCN(C(=O)C3CC3)CC2)CC1. The van der Waals surface area contributed by atoms with Crippen LogP contribution in [0.1, 0.15) is 38.5 Å². The molecule has 0 bridgehead atoms. The van der Waals surface area contributed by atoms with E-state index in [4.69, 9.17) is 5.73 Å². The Bertz CT molecular complexity index is 300. The van der Waals surface area contributed by atoms with Gasteiger partial charge in [0.2, 0.25) is 5.91 Å². The van der Waals surface area contributed by atoms with Gasteiger partial charge in [-0.2, -0.15) is 0 Å². The van der Waals surface area contributed by atoms with Crippen LogP contribution in [0, 0.1) is 5.92 Å². The van der Waals surface area contributed by atoms with Crippen LogP contribution < -0.4 is 5.73 Å². The molecule has 0 atom stereocenters. The molecule has 1 aliphatic heterocycles. The average molecular weight is 251 g/mol. The van der Waals surface area contributed by atoms with Gasteiger partial charge in [-0.15, -0.1) is 0 Å². The molecule has 0 unspecified atom stereocenters. The third-order valence-corrected chi connectivity index (χ3v) is 4.81. The maximum absolute atomic E-state index is 12.0. The zero-order valence-corrected chi connectivity index (χ0v) is 11.2. The first-order valence-electron chi connectivity index (χ1n) is 7.52. The summed E-state index contributed by atoms with van der Waals surface area (Å²) in [5, 5.41) is 0. The van der Waals surface area contributed by atoms with Crippen molar-refractivity contribution in [1.29, 1.82) is 0 Å². The predicted octanol–water partition coefficient (Wildman–Crippen LogP) is 0.810. The molecule has 1 heterocycles. The molecule has 0 aromatic heterocycles. The Balaban J connectivity index is 1.46. The molecule has 4 nitrogen and oxygen atoms in total. The molecule has 0 radical (unpaired) electrons. The second-order valence-electron chi connectivity index (χ2n) is 6.20. The maximum Gasteiger partial charge on any atom is 0.225 e. The van der Waals surface area contributed by atoms with E-state index in [0.29, 0.717) is 17.9 Å². The standard InChI is InChI=1S/C14H25N3O/c15-12-3-5-13(6-4-12)16-7-9-17(10-8-16)14(18)11-1-2-11/h11-13H,1-10,15H2/t12-,13-. The Morgan fingerprint density at radius 3 is 2.06 bits per heavy atom. The highest BCUT2D eigenvalue weighted by atomic mass is 16.2. The highest BCUT2D eigenvalue weighted by Crippen LogP contribution is 2.31. The van der Waals surface area contributed by atoms with Crippen LogP contribution in [0.3, 0.4) is 0 Å². The fourth-order valence-electron chi connectivity index (χ4n) is 3.36. The van der Waals surface area contributed by atoms with E-state index in [1.165, 1.54) is 25.7 Å². The van der Waals surface area contributed by atoms with Crippen molar-refractivity contribution >= 4 is 5.91 Å². The first kappa shape index (κ1) is 12.4. The Morgan fingerprint density at radius 2 is 1.50 bits per heavy atom. The quantitative estimate of drug-likeness (QED) is 0.790. The van der Waals surface area contributed by atoms with Crippen molar-refractivity contribution < 1.29 is 4.79 Å². The van der Waals surface area contributed by atoms with Crippen LogP contribution in [0.5, 0.6) is 0 Å². The number of amides is 1. The van der Waals surface area contributed by atoms with Gasteiger partial charge in [0.25, 0.3) is 0 Å². The number of piperazine rings is 1. The lowest BCUT2D eigenvalue weighted by atomic mass is 9.90. The first-order valence-corrected chi connectivity index (χ1v) is 7.52. The zero-order chi connectivity index (χ0) is 12.5. The maximum atomic E-state index is 12.0. The molecule has 1 saturated heterocycles. The van der Waals surface area contributed by atoms with Crippen LogP contribution in [-0.2, 0) is 4.79 Å². The van der Waals surface area contributed by atoms with Crippen molar-refractivity contribution in [2.75, 3.05) is 26.2 Å². The van der Waals surface area contributed by atoms with Gasteiger partial charge in [0, 0.05) is 44.2 Å². The molecular weight excluding hydrogens is 226 g/mol. The molecule has 0 aromatic rings. The predicted molar refractivity (Wildman–Crippen MR) is 71.1 cm³/mol. The van der Waals surface area contributed by atoms with Gasteiger partial charge in [-0.3, -0.25) is 9.69 Å². The van der Waals surface area contributed by atoms with Gasteiger partial charge in [0.15, 0.2) is 0 Å². The summed E-state index contributed by atoms with van der Waals surface area (Å²) in [5.41, 5.74) is 5.96. The van der Waals surface area contributed by atoms with Crippen LogP contribution in [0.2, 0.25) is 0 Å². The lowest BCUT2D eigenvalue weighted by molar-refractivity contribution is -0.134. The summed E-state index contributed by atoms with van der Waals surface area (Å²) >= 11 is 0. The molecule has 4 heteroatoms. The van der Waals surface area contributed by atoms with Gasteiger partial charge in [-0.25, -0.2) is 0 Å². The van der Waals surface area contributed by atoms with Crippen molar-refractivity contribution in [1.82, 2.24) is 9.80 Å². The minimum atomic E-state index is 0.379. The molecule has 0 aromatic carbocycles. The smallest absolute Gasteiger partial charge is 0.225 e. The molecule has 3 rings (SSSR count). The van der Waals surface area contributed by atoms with Crippen LogP contribution in [0.25, 0.3) is 0 Å². The topological polar surface area (TPSA) is 49.6 Å². The van der Waals surface area contributed by atoms with Crippen molar-refractivity contribution in [2.24, 2.45) is 11.7 Å².